The van der Waals surface area contributed by atoms with E-state index in [0.29, 0.717) is 28.7 Å². The predicted octanol–water partition coefficient (Wildman–Crippen LogP) is 6.64. The summed E-state index contributed by atoms with van der Waals surface area (Å²) >= 11 is 1.48. The zero-order valence-electron chi connectivity index (χ0n) is 19.0. The van der Waals surface area contributed by atoms with Gasteiger partial charge in [-0.15, -0.1) is 0 Å². The number of fused-ring (bicyclic) bond motifs is 1. The summed E-state index contributed by atoms with van der Waals surface area (Å²) in [5.41, 5.74) is 4.85. The number of hydrogen-bond donors (Lipinski definition) is 0. The number of methoxy groups -OCH3 is 1. The van der Waals surface area contributed by atoms with Crippen LogP contribution in [0.4, 0.5) is 5.13 Å². The van der Waals surface area contributed by atoms with Crippen LogP contribution in [0.15, 0.2) is 89.5 Å². The third-order valence-electron chi connectivity index (χ3n) is 5.73. The fourth-order valence-corrected chi connectivity index (χ4v) is 4.96. The van der Waals surface area contributed by atoms with Crippen LogP contribution in [0.2, 0.25) is 0 Å². The second-order valence-corrected chi connectivity index (χ2v) is 9.07. The van der Waals surface area contributed by atoms with Crippen LogP contribution in [0.1, 0.15) is 32.8 Å². The number of amides is 1. The molecule has 3 aromatic carbocycles. The van der Waals surface area contributed by atoms with E-state index >= 15 is 0 Å². The van der Waals surface area contributed by atoms with Gasteiger partial charge in [0.2, 0.25) is 0 Å². The standard InChI is InChI=1S/C28H24N2O3S/c1-19-10-15-24(32-2)25-26(19)34-28(29-25)30(18-23-9-6-16-33-23)27(31)22-13-11-21(12-14-22)17-20-7-4-3-5-8-20/h3-16H,17-18H2,1-2H3. The molecule has 0 saturated heterocycles. The highest BCUT2D eigenvalue weighted by atomic mass is 32.1. The molecular weight excluding hydrogens is 444 g/mol. The molecule has 0 fully saturated rings. The molecule has 2 heterocycles. The average molecular weight is 469 g/mol. The van der Waals surface area contributed by atoms with Gasteiger partial charge in [0.1, 0.15) is 17.0 Å². The van der Waals surface area contributed by atoms with Gasteiger partial charge in [-0.25, -0.2) is 4.98 Å². The number of rotatable bonds is 7. The Kier molecular flexibility index (Phi) is 6.14. The number of aryl methyl sites for hydroxylation is 1. The first-order chi connectivity index (χ1) is 16.6. The summed E-state index contributed by atoms with van der Waals surface area (Å²) in [5.74, 6) is 1.26. The molecule has 6 heteroatoms. The molecule has 170 valence electrons. The van der Waals surface area contributed by atoms with Crippen LogP contribution in [0.3, 0.4) is 0 Å². The van der Waals surface area contributed by atoms with Crippen molar-refractivity contribution in [1.82, 2.24) is 4.98 Å². The maximum Gasteiger partial charge on any atom is 0.260 e. The Hall–Kier alpha value is -3.90. The van der Waals surface area contributed by atoms with Crippen LogP contribution in [-0.2, 0) is 13.0 Å². The number of carbonyl (C=O) groups is 1. The topological polar surface area (TPSA) is 55.6 Å². The highest BCUT2D eigenvalue weighted by molar-refractivity contribution is 7.22. The van der Waals surface area contributed by atoms with Crippen molar-refractivity contribution in [2.24, 2.45) is 0 Å². The zero-order chi connectivity index (χ0) is 23.5. The van der Waals surface area contributed by atoms with E-state index in [1.165, 1.54) is 16.9 Å². The molecule has 0 saturated carbocycles. The fourth-order valence-electron chi connectivity index (χ4n) is 3.92. The number of carbonyl (C=O) groups excluding carboxylic acids is 1. The van der Waals surface area contributed by atoms with Crippen molar-refractivity contribution in [2.45, 2.75) is 19.9 Å². The van der Waals surface area contributed by atoms with Gasteiger partial charge < -0.3 is 9.15 Å². The van der Waals surface area contributed by atoms with Gasteiger partial charge in [0.15, 0.2) is 5.13 Å². The molecule has 34 heavy (non-hydrogen) atoms. The summed E-state index contributed by atoms with van der Waals surface area (Å²) in [6.07, 6.45) is 2.43. The van der Waals surface area contributed by atoms with Crippen molar-refractivity contribution in [3.05, 3.63) is 113 Å². The van der Waals surface area contributed by atoms with Gasteiger partial charge in [-0.3, -0.25) is 9.69 Å². The Morgan fingerprint density at radius 3 is 2.44 bits per heavy atom. The number of benzene rings is 3. The molecule has 0 N–H and O–H groups in total. The summed E-state index contributed by atoms with van der Waals surface area (Å²) in [5, 5.41) is 0.609. The van der Waals surface area contributed by atoms with Gasteiger partial charge in [0.05, 0.1) is 24.6 Å². The van der Waals surface area contributed by atoms with Gasteiger partial charge >= 0.3 is 0 Å². The van der Waals surface area contributed by atoms with Crippen LogP contribution in [0.25, 0.3) is 10.2 Å². The molecule has 5 nitrogen and oxygen atoms in total. The van der Waals surface area contributed by atoms with E-state index in [-0.39, 0.29) is 5.91 Å². The van der Waals surface area contributed by atoms with E-state index in [1.807, 2.05) is 73.7 Å². The molecule has 0 aliphatic rings. The number of ether oxygens (including phenoxy) is 1. The molecule has 0 atom stereocenters. The number of hydrogen-bond acceptors (Lipinski definition) is 5. The Morgan fingerprint density at radius 1 is 0.971 bits per heavy atom. The van der Waals surface area contributed by atoms with Crippen LogP contribution in [0.5, 0.6) is 5.75 Å². The molecule has 2 aromatic heterocycles. The third kappa shape index (κ3) is 4.45. The fraction of sp³-hybridized carbons (Fsp3) is 0.143. The Balaban J connectivity index is 1.48. The van der Waals surface area contributed by atoms with Gasteiger partial charge in [0, 0.05) is 5.56 Å². The predicted molar refractivity (Wildman–Crippen MR) is 136 cm³/mol. The minimum Gasteiger partial charge on any atom is -0.494 e. The van der Waals surface area contributed by atoms with Gasteiger partial charge in [-0.1, -0.05) is 59.9 Å². The minimum atomic E-state index is -0.127. The molecule has 1 amide bonds. The lowest BCUT2D eigenvalue weighted by Gasteiger charge is -2.19. The molecule has 0 radical (unpaired) electrons. The summed E-state index contributed by atoms with van der Waals surface area (Å²) in [4.78, 5) is 20.2. The second-order valence-electron chi connectivity index (χ2n) is 8.09. The van der Waals surface area contributed by atoms with Crippen LogP contribution < -0.4 is 9.64 Å². The van der Waals surface area contributed by atoms with E-state index < -0.39 is 0 Å². The lowest BCUT2D eigenvalue weighted by molar-refractivity contribution is 0.0983. The van der Waals surface area contributed by atoms with E-state index in [1.54, 1.807) is 18.3 Å². The first-order valence-corrected chi connectivity index (χ1v) is 11.9. The molecule has 5 aromatic rings. The highest BCUT2D eigenvalue weighted by Crippen LogP contribution is 2.37. The molecule has 5 rings (SSSR count). The van der Waals surface area contributed by atoms with Crippen molar-refractivity contribution < 1.29 is 13.9 Å². The first kappa shape index (κ1) is 21.9. The first-order valence-electron chi connectivity index (χ1n) is 11.0. The zero-order valence-corrected chi connectivity index (χ0v) is 19.8. The summed E-state index contributed by atoms with van der Waals surface area (Å²) < 4.78 is 12.1. The van der Waals surface area contributed by atoms with Gasteiger partial charge in [0.25, 0.3) is 5.91 Å². The molecule has 0 aliphatic carbocycles. The summed E-state index contributed by atoms with van der Waals surface area (Å²) in [6.45, 7) is 2.33. The molecule has 0 aliphatic heterocycles. The number of nitrogens with zero attached hydrogens (tertiary/aromatic N) is 2. The number of aromatic nitrogens is 1. The monoisotopic (exact) mass is 468 g/mol. The number of thiazole rings is 1. The van der Waals surface area contributed by atoms with Crippen molar-refractivity contribution in [3.63, 3.8) is 0 Å². The normalized spacial score (nSPS) is 11.0. The van der Waals surface area contributed by atoms with Crippen LogP contribution in [-0.4, -0.2) is 18.0 Å². The van der Waals surface area contributed by atoms with E-state index in [0.717, 1.165) is 27.8 Å². The Labute approximate surface area is 202 Å². The largest absolute Gasteiger partial charge is 0.494 e. The number of furan rings is 1. The quantitative estimate of drug-likeness (QED) is 0.269. The van der Waals surface area contributed by atoms with Crippen molar-refractivity contribution in [1.29, 1.82) is 0 Å². The lowest BCUT2D eigenvalue weighted by atomic mass is 10.0. The van der Waals surface area contributed by atoms with Gasteiger partial charge in [-0.2, -0.15) is 0 Å². The maximum absolute atomic E-state index is 13.7. The molecular formula is C28H24N2O3S. The van der Waals surface area contributed by atoms with Crippen LogP contribution in [0, 0.1) is 6.92 Å². The van der Waals surface area contributed by atoms with E-state index in [4.69, 9.17) is 14.1 Å². The molecule has 0 bridgehead atoms. The third-order valence-corrected chi connectivity index (χ3v) is 6.95. The average Bonchev–Trinajstić information content (AvgIpc) is 3.54. The summed E-state index contributed by atoms with van der Waals surface area (Å²) in [6, 6.07) is 25.7. The Morgan fingerprint density at radius 2 is 1.74 bits per heavy atom. The van der Waals surface area contributed by atoms with Crippen molar-refractivity contribution in [3.8, 4) is 5.75 Å². The molecule has 0 unspecified atom stereocenters. The minimum absolute atomic E-state index is 0.127. The lowest BCUT2D eigenvalue weighted by Crippen LogP contribution is -2.30. The van der Waals surface area contributed by atoms with Crippen molar-refractivity contribution >= 4 is 32.6 Å². The SMILES string of the molecule is COc1ccc(C)c2sc(N(Cc3ccco3)C(=O)c3ccc(Cc4ccccc4)cc3)nc12. The second kappa shape index (κ2) is 9.53. The number of anilines is 1. The van der Waals surface area contributed by atoms with Crippen molar-refractivity contribution in [2.75, 3.05) is 12.0 Å². The van der Waals surface area contributed by atoms with E-state index in [9.17, 15) is 4.79 Å². The van der Waals surface area contributed by atoms with E-state index in [2.05, 4.69) is 12.1 Å². The van der Waals surface area contributed by atoms with Crippen LogP contribution >= 0.6 is 11.3 Å². The Bertz CT molecular complexity index is 1410. The molecule has 0 spiro atoms. The smallest absolute Gasteiger partial charge is 0.260 e. The highest BCUT2D eigenvalue weighted by Gasteiger charge is 2.24. The summed E-state index contributed by atoms with van der Waals surface area (Å²) in [7, 11) is 1.63. The maximum atomic E-state index is 13.7. The van der Waals surface area contributed by atoms with Gasteiger partial charge in [-0.05, 0) is 60.4 Å².